The minimum absolute atomic E-state index is 0.186. The minimum atomic E-state index is -0.819. The molecule has 0 aliphatic carbocycles. The van der Waals surface area contributed by atoms with E-state index in [2.05, 4.69) is 4.74 Å². The van der Waals surface area contributed by atoms with Gasteiger partial charge in [-0.25, -0.2) is 0 Å². The van der Waals surface area contributed by atoms with E-state index in [1.807, 2.05) is 37.5 Å². The molecule has 2 N–H and O–H groups in total. The third kappa shape index (κ3) is 9.17. The lowest BCUT2D eigenvalue weighted by atomic mass is 10.2. The number of esters is 1. The minimum Gasteiger partial charge on any atom is -0.480 e. The summed E-state index contributed by atoms with van der Waals surface area (Å²) in [4.78, 5) is 25.5. The fourth-order valence-electron chi connectivity index (χ4n) is 2.29. The number of nitrogens with zero attached hydrogens (tertiary/aromatic N) is 2. The zero-order valence-electron chi connectivity index (χ0n) is 15.8. The Kier molecular flexibility index (Phi) is 16.0. The van der Waals surface area contributed by atoms with Gasteiger partial charge in [0.2, 0.25) is 0 Å². The van der Waals surface area contributed by atoms with Gasteiger partial charge >= 0.3 is 11.9 Å². The van der Waals surface area contributed by atoms with Crippen molar-refractivity contribution in [3.8, 4) is 0 Å². The molecule has 0 aliphatic rings. The van der Waals surface area contributed by atoms with E-state index in [9.17, 15) is 9.59 Å². The van der Waals surface area contributed by atoms with Crippen LogP contribution in [0, 0.1) is 0 Å². The average molecular weight is 350 g/mol. The molecule has 0 fully saturated rings. The molecule has 0 amide bonds. The number of carbonyl (C=O) groups excluding carboxylic acids is 1. The number of aliphatic hydroxyl groups is 1. The standard InChI is InChI=1S/2C8H17NO3/c1-4-9(5-2)7(6-12-3)8(10)11;1-4-9(5-2)7(6-10)8(11)12-3/h7H,4-6H2,1-3H3,(H,10,11);7,10H,4-6H2,1-3H3/t2*7-/m11/s1. The normalized spacial score (nSPS) is 13.2. The van der Waals surface area contributed by atoms with Gasteiger partial charge < -0.3 is 19.7 Å². The van der Waals surface area contributed by atoms with Crippen LogP contribution in [0.25, 0.3) is 0 Å². The van der Waals surface area contributed by atoms with Crippen LogP contribution in [0.5, 0.6) is 0 Å². The molecular formula is C16H34N2O6. The summed E-state index contributed by atoms with van der Waals surface area (Å²) in [6.07, 6.45) is 0. The Labute approximate surface area is 145 Å². The van der Waals surface area contributed by atoms with Crippen LogP contribution in [-0.2, 0) is 19.1 Å². The summed E-state index contributed by atoms with van der Waals surface area (Å²) in [5.74, 6) is -1.19. The third-order valence-corrected chi connectivity index (χ3v) is 3.76. The monoisotopic (exact) mass is 350 g/mol. The van der Waals surface area contributed by atoms with Gasteiger partial charge in [0.25, 0.3) is 0 Å². The number of hydrogen-bond acceptors (Lipinski definition) is 7. The summed E-state index contributed by atoms with van der Waals surface area (Å²) in [7, 11) is 2.84. The summed E-state index contributed by atoms with van der Waals surface area (Å²) in [5, 5.41) is 17.7. The Hall–Kier alpha value is -1.22. The smallest absolute Gasteiger partial charge is 0.325 e. The SMILES string of the molecule is CCN(CC)[C@H](CO)C(=O)OC.CCN(CC)[C@H](COC)C(=O)O. The molecule has 0 aromatic heterocycles. The molecule has 24 heavy (non-hydrogen) atoms. The molecule has 0 aliphatic heterocycles. The lowest BCUT2D eigenvalue weighted by molar-refractivity contribution is -0.148. The first-order valence-corrected chi connectivity index (χ1v) is 8.26. The van der Waals surface area contributed by atoms with Crippen molar-refractivity contribution in [3.63, 3.8) is 0 Å². The number of carboxylic acid groups (broad SMARTS) is 1. The number of aliphatic hydroxyl groups excluding tert-OH is 1. The second kappa shape index (κ2) is 15.3. The number of methoxy groups -OCH3 is 2. The van der Waals surface area contributed by atoms with E-state index < -0.39 is 18.1 Å². The van der Waals surface area contributed by atoms with Crippen molar-refractivity contribution >= 4 is 11.9 Å². The fraction of sp³-hybridized carbons (Fsp3) is 0.875. The number of hydrogen-bond donors (Lipinski definition) is 2. The molecule has 0 radical (unpaired) electrons. The number of likely N-dealkylation sites (N-methyl/N-ethyl adjacent to an activating group) is 2. The largest absolute Gasteiger partial charge is 0.480 e. The van der Waals surface area contributed by atoms with Crippen molar-refractivity contribution in [1.82, 2.24) is 9.80 Å². The van der Waals surface area contributed by atoms with Gasteiger partial charge in [-0.05, 0) is 26.2 Å². The number of carbonyl (C=O) groups is 2. The quantitative estimate of drug-likeness (QED) is 0.513. The highest BCUT2D eigenvalue weighted by Gasteiger charge is 2.23. The van der Waals surface area contributed by atoms with Crippen LogP contribution in [0.15, 0.2) is 0 Å². The Balaban J connectivity index is 0. The zero-order chi connectivity index (χ0) is 19.1. The van der Waals surface area contributed by atoms with Gasteiger partial charge in [-0.3, -0.25) is 19.4 Å². The average Bonchev–Trinajstić information content (AvgIpc) is 2.59. The lowest BCUT2D eigenvalue weighted by Gasteiger charge is -2.25. The van der Waals surface area contributed by atoms with Crippen LogP contribution >= 0.6 is 0 Å². The van der Waals surface area contributed by atoms with E-state index in [0.29, 0.717) is 0 Å². The Morgan fingerprint density at radius 3 is 1.58 bits per heavy atom. The van der Waals surface area contributed by atoms with Crippen molar-refractivity contribution in [2.24, 2.45) is 0 Å². The number of ether oxygens (including phenoxy) is 2. The van der Waals surface area contributed by atoms with E-state index in [0.717, 1.165) is 26.2 Å². The molecule has 144 valence electrons. The maximum atomic E-state index is 11.1. The molecule has 0 saturated heterocycles. The molecular weight excluding hydrogens is 316 g/mol. The second-order valence-corrected chi connectivity index (χ2v) is 4.97. The van der Waals surface area contributed by atoms with Gasteiger partial charge in [-0.15, -0.1) is 0 Å². The fourth-order valence-corrected chi connectivity index (χ4v) is 2.29. The predicted octanol–water partition coefficient (Wildman–Crippen LogP) is 0.290. The van der Waals surface area contributed by atoms with Gasteiger partial charge in [0.05, 0.1) is 20.3 Å². The number of carboxylic acids is 1. The maximum Gasteiger partial charge on any atom is 0.325 e. The van der Waals surface area contributed by atoms with Crippen molar-refractivity contribution < 1.29 is 29.3 Å². The number of aliphatic carboxylic acids is 1. The van der Waals surface area contributed by atoms with E-state index in [4.69, 9.17) is 14.9 Å². The first-order chi connectivity index (χ1) is 11.4. The van der Waals surface area contributed by atoms with Crippen LogP contribution in [0.2, 0.25) is 0 Å². The highest BCUT2D eigenvalue weighted by molar-refractivity contribution is 5.75. The van der Waals surface area contributed by atoms with E-state index in [-0.39, 0.29) is 19.2 Å². The molecule has 8 nitrogen and oxygen atoms in total. The van der Waals surface area contributed by atoms with Crippen molar-refractivity contribution in [1.29, 1.82) is 0 Å². The predicted molar refractivity (Wildman–Crippen MR) is 92.0 cm³/mol. The number of rotatable bonds is 11. The Morgan fingerprint density at radius 2 is 1.33 bits per heavy atom. The zero-order valence-corrected chi connectivity index (χ0v) is 15.8. The molecule has 8 heteroatoms. The molecule has 0 bridgehead atoms. The van der Waals surface area contributed by atoms with Crippen molar-refractivity contribution in [2.45, 2.75) is 39.8 Å². The van der Waals surface area contributed by atoms with Gasteiger partial charge in [-0.2, -0.15) is 0 Å². The van der Waals surface area contributed by atoms with Crippen LogP contribution < -0.4 is 0 Å². The molecule has 0 spiro atoms. The van der Waals surface area contributed by atoms with Gasteiger partial charge in [0.1, 0.15) is 12.1 Å². The highest BCUT2D eigenvalue weighted by atomic mass is 16.5. The summed E-state index contributed by atoms with van der Waals surface area (Å²) in [6.45, 7) is 10.8. The third-order valence-electron chi connectivity index (χ3n) is 3.76. The van der Waals surface area contributed by atoms with E-state index in [1.54, 1.807) is 0 Å². The van der Waals surface area contributed by atoms with E-state index in [1.165, 1.54) is 14.2 Å². The first-order valence-electron chi connectivity index (χ1n) is 8.26. The Bertz CT molecular complexity index is 323. The topological polar surface area (TPSA) is 99.5 Å². The van der Waals surface area contributed by atoms with Crippen molar-refractivity contribution in [2.75, 3.05) is 53.6 Å². The highest BCUT2D eigenvalue weighted by Crippen LogP contribution is 2.00. The second-order valence-electron chi connectivity index (χ2n) is 4.97. The molecule has 0 heterocycles. The molecule has 0 saturated carbocycles. The summed E-state index contributed by atoms with van der Waals surface area (Å²) in [6, 6.07) is -1.02. The van der Waals surface area contributed by atoms with Gasteiger partial charge in [-0.1, -0.05) is 27.7 Å². The molecule has 0 aromatic rings. The van der Waals surface area contributed by atoms with E-state index >= 15 is 0 Å². The van der Waals surface area contributed by atoms with Crippen molar-refractivity contribution in [3.05, 3.63) is 0 Å². The van der Waals surface area contributed by atoms with Gasteiger partial charge in [0.15, 0.2) is 0 Å². The molecule has 0 rings (SSSR count). The first kappa shape index (κ1) is 25.0. The molecule has 0 aromatic carbocycles. The van der Waals surface area contributed by atoms with Crippen LogP contribution in [0.4, 0.5) is 0 Å². The maximum absolute atomic E-state index is 11.1. The van der Waals surface area contributed by atoms with Crippen LogP contribution in [0.3, 0.4) is 0 Å². The summed E-state index contributed by atoms with van der Waals surface area (Å²) < 4.78 is 9.37. The summed E-state index contributed by atoms with van der Waals surface area (Å²) in [5.41, 5.74) is 0. The summed E-state index contributed by atoms with van der Waals surface area (Å²) >= 11 is 0. The molecule has 2 atom stereocenters. The Morgan fingerprint density at radius 1 is 0.917 bits per heavy atom. The van der Waals surface area contributed by atoms with Crippen LogP contribution in [0.1, 0.15) is 27.7 Å². The molecule has 0 unspecified atom stereocenters. The van der Waals surface area contributed by atoms with Crippen LogP contribution in [-0.4, -0.2) is 97.6 Å². The lowest BCUT2D eigenvalue weighted by Crippen LogP contribution is -2.44. The van der Waals surface area contributed by atoms with Gasteiger partial charge in [0, 0.05) is 7.11 Å².